The minimum atomic E-state index is -4.09. The van der Waals surface area contributed by atoms with Gasteiger partial charge in [0.1, 0.15) is 10.6 Å². The topological polar surface area (TPSA) is 80.8 Å². The summed E-state index contributed by atoms with van der Waals surface area (Å²) >= 11 is 4.18. The normalized spacial score (nSPS) is 15.1. The average molecular weight is 580 g/mol. The summed E-state index contributed by atoms with van der Waals surface area (Å²) in [5.41, 5.74) is 1.21. The van der Waals surface area contributed by atoms with Crippen LogP contribution in [-0.2, 0) is 21.5 Å². The van der Waals surface area contributed by atoms with Crippen LogP contribution in [0.3, 0.4) is 0 Å². The van der Waals surface area contributed by atoms with E-state index < -0.39 is 21.3 Å². The Hall–Kier alpha value is -3.40. The van der Waals surface area contributed by atoms with Gasteiger partial charge in [-0.25, -0.2) is 0 Å². The fourth-order valence-electron chi connectivity index (χ4n) is 3.84. The number of carbonyl (C=O) groups excluding carboxylic acids is 2. The van der Waals surface area contributed by atoms with Crippen molar-refractivity contribution >= 4 is 65.8 Å². The summed E-state index contributed by atoms with van der Waals surface area (Å²) in [7, 11) is -4.09. The van der Waals surface area contributed by atoms with E-state index in [1.54, 1.807) is 30.3 Å². The Morgan fingerprint density at radius 3 is 2.42 bits per heavy atom. The molecule has 180 valence electrons. The predicted octanol–water partition coefficient (Wildman–Crippen LogP) is 6.61. The lowest BCUT2D eigenvalue weighted by Gasteiger charge is -2.14. The number of rotatable bonds is 6. The number of benzene rings is 4. The third-order valence-corrected chi connectivity index (χ3v) is 8.22. The number of carbonyl (C=O) groups is 2. The van der Waals surface area contributed by atoms with Crippen molar-refractivity contribution in [2.24, 2.45) is 0 Å². The first-order valence-electron chi connectivity index (χ1n) is 10.8. The maximum Gasteiger partial charge on any atom is 0.339 e. The molecule has 1 fully saturated rings. The van der Waals surface area contributed by atoms with E-state index in [4.69, 9.17) is 4.18 Å². The predicted molar refractivity (Wildman–Crippen MR) is 144 cm³/mol. The standard InChI is InChI=1S/C27H18BrNO5S2/c28-21-13-14-24(34-36(32,33)22-10-2-1-3-11-22)20(15-21)16-25-26(30)29(27(31)35-25)17-19-9-6-8-18-7-4-5-12-23(18)19/h1-16H,17H2/b25-16-. The molecular weight excluding hydrogens is 562 g/mol. The highest BCUT2D eigenvalue weighted by atomic mass is 79.9. The van der Waals surface area contributed by atoms with Crippen LogP contribution in [-0.4, -0.2) is 24.5 Å². The quantitative estimate of drug-likeness (QED) is 0.189. The summed E-state index contributed by atoms with van der Waals surface area (Å²) in [5.74, 6) is -0.405. The van der Waals surface area contributed by atoms with Crippen molar-refractivity contribution in [3.8, 4) is 5.75 Å². The summed E-state index contributed by atoms with van der Waals surface area (Å²) in [6.45, 7) is 0.133. The first-order valence-corrected chi connectivity index (χ1v) is 13.8. The zero-order valence-corrected chi connectivity index (χ0v) is 21.8. The molecule has 4 aromatic carbocycles. The maximum absolute atomic E-state index is 13.2. The van der Waals surface area contributed by atoms with E-state index in [-0.39, 0.29) is 22.1 Å². The first-order chi connectivity index (χ1) is 17.3. The third kappa shape index (κ3) is 4.95. The van der Waals surface area contributed by atoms with E-state index >= 15 is 0 Å². The van der Waals surface area contributed by atoms with Gasteiger partial charge < -0.3 is 4.18 Å². The van der Waals surface area contributed by atoms with Crippen LogP contribution in [0.1, 0.15) is 11.1 Å². The molecule has 6 nitrogen and oxygen atoms in total. The molecule has 0 N–H and O–H groups in total. The van der Waals surface area contributed by atoms with Crippen molar-refractivity contribution in [3.63, 3.8) is 0 Å². The lowest BCUT2D eigenvalue weighted by atomic mass is 10.0. The Balaban J connectivity index is 1.45. The number of amides is 2. The van der Waals surface area contributed by atoms with E-state index in [2.05, 4.69) is 15.9 Å². The van der Waals surface area contributed by atoms with E-state index in [0.717, 1.165) is 28.1 Å². The number of thioether (sulfide) groups is 1. The zero-order chi connectivity index (χ0) is 25.3. The highest BCUT2D eigenvalue weighted by Gasteiger charge is 2.35. The molecule has 0 bridgehead atoms. The van der Waals surface area contributed by atoms with Crippen LogP contribution in [0.5, 0.6) is 5.75 Å². The number of nitrogens with zero attached hydrogens (tertiary/aromatic N) is 1. The highest BCUT2D eigenvalue weighted by Crippen LogP contribution is 2.37. The lowest BCUT2D eigenvalue weighted by molar-refractivity contribution is -0.123. The minimum Gasteiger partial charge on any atom is -0.378 e. The second-order valence-electron chi connectivity index (χ2n) is 7.94. The smallest absolute Gasteiger partial charge is 0.339 e. The van der Waals surface area contributed by atoms with Crippen LogP contribution in [0, 0.1) is 0 Å². The average Bonchev–Trinajstić information content (AvgIpc) is 3.13. The molecule has 0 atom stereocenters. The number of imide groups is 1. The van der Waals surface area contributed by atoms with Crippen LogP contribution in [0.2, 0.25) is 0 Å². The van der Waals surface area contributed by atoms with Crippen molar-refractivity contribution in [1.82, 2.24) is 4.90 Å². The Kier molecular flexibility index (Phi) is 6.70. The summed E-state index contributed by atoms with van der Waals surface area (Å²) in [6.07, 6.45) is 1.48. The van der Waals surface area contributed by atoms with Crippen molar-refractivity contribution in [3.05, 3.63) is 112 Å². The molecule has 0 saturated carbocycles. The molecule has 36 heavy (non-hydrogen) atoms. The molecule has 0 radical (unpaired) electrons. The van der Waals surface area contributed by atoms with E-state index in [1.165, 1.54) is 29.2 Å². The number of hydrogen-bond donors (Lipinski definition) is 0. The van der Waals surface area contributed by atoms with Gasteiger partial charge in [-0.1, -0.05) is 76.6 Å². The van der Waals surface area contributed by atoms with Gasteiger partial charge in [0.2, 0.25) is 0 Å². The molecular formula is C27H18BrNO5S2. The van der Waals surface area contributed by atoms with Gasteiger partial charge in [0.15, 0.2) is 0 Å². The van der Waals surface area contributed by atoms with Gasteiger partial charge in [0, 0.05) is 10.0 Å². The Bertz CT molecular complexity index is 1630. The fourth-order valence-corrected chi connectivity index (χ4v) is 6.02. The van der Waals surface area contributed by atoms with Gasteiger partial charge in [0.25, 0.3) is 11.1 Å². The van der Waals surface area contributed by atoms with Crippen LogP contribution in [0.15, 0.2) is 105 Å². The lowest BCUT2D eigenvalue weighted by Crippen LogP contribution is -2.27. The number of hydrogen-bond acceptors (Lipinski definition) is 6. The Morgan fingerprint density at radius 1 is 0.889 bits per heavy atom. The molecule has 2 amide bonds. The summed E-state index contributed by atoms with van der Waals surface area (Å²) in [5, 5.41) is 1.60. The summed E-state index contributed by atoms with van der Waals surface area (Å²) < 4.78 is 31.6. The van der Waals surface area contributed by atoms with E-state index in [0.29, 0.717) is 10.0 Å². The van der Waals surface area contributed by atoms with Gasteiger partial charge in [-0.2, -0.15) is 8.42 Å². The van der Waals surface area contributed by atoms with Gasteiger partial charge in [-0.15, -0.1) is 0 Å². The van der Waals surface area contributed by atoms with Crippen LogP contribution < -0.4 is 4.18 Å². The fraction of sp³-hybridized carbons (Fsp3) is 0.0370. The SMILES string of the molecule is O=C1S/C(=C\c2cc(Br)ccc2OS(=O)(=O)c2ccccc2)C(=O)N1Cc1cccc2ccccc12. The summed E-state index contributed by atoms with van der Waals surface area (Å²) in [4.78, 5) is 27.4. The summed E-state index contributed by atoms with van der Waals surface area (Å²) in [6, 6.07) is 26.1. The van der Waals surface area contributed by atoms with Gasteiger partial charge in [-0.3, -0.25) is 14.5 Å². The first kappa shape index (κ1) is 24.3. The van der Waals surface area contributed by atoms with Gasteiger partial charge >= 0.3 is 10.1 Å². The second-order valence-corrected chi connectivity index (χ2v) is 11.4. The maximum atomic E-state index is 13.2. The second kappa shape index (κ2) is 9.93. The van der Waals surface area contributed by atoms with Crippen molar-refractivity contribution in [1.29, 1.82) is 0 Å². The highest BCUT2D eigenvalue weighted by molar-refractivity contribution is 9.10. The molecule has 4 aromatic rings. The van der Waals surface area contributed by atoms with Crippen molar-refractivity contribution in [2.45, 2.75) is 11.4 Å². The minimum absolute atomic E-state index is 0.00859. The molecule has 9 heteroatoms. The molecule has 1 saturated heterocycles. The van der Waals surface area contributed by atoms with Crippen molar-refractivity contribution in [2.75, 3.05) is 0 Å². The molecule has 0 spiro atoms. The molecule has 1 heterocycles. The van der Waals surface area contributed by atoms with Crippen LogP contribution >= 0.6 is 27.7 Å². The van der Waals surface area contributed by atoms with E-state index in [9.17, 15) is 18.0 Å². The Morgan fingerprint density at radius 2 is 1.61 bits per heavy atom. The van der Waals surface area contributed by atoms with Crippen LogP contribution in [0.25, 0.3) is 16.8 Å². The molecule has 1 aliphatic heterocycles. The largest absolute Gasteiger partial charge is 0.378 e. The molecule has 0 aliphatic carbocycles. The monoisotopic (exact) mass is 579 g/mol. The van der Waals surface area contributed by atoms with Crippen LogP contribution in [0.4, 0.5) is 4.79 Å². The molecule has 1 aliphatic rings. The molecule has 0 aromatic heterocycles. The van der Waals surface area contributed by atoms with Gasteiger partial charge in [0.05, 0.1) is 11.4 Å². The number of halogens is 1. The Labute approximate surface area is 220 Å². The van der Waals surface area contributed by atoms with Gasteiger partial charge in [-0.05, 0) is 64.5 Å². The molecule has 5 rings (SSSR count). The van der Waals surface area contributed by atoms with E-state index in [1.807, 2.05) is 42.5 Å². The van der Waals surface area contributed by atoms with Crippen molar-refractivity contribution < 1.29 is 22.2 Å². The number of fused-ring (bicyclic) bond motifs is 1. The molecule has 0 unspecified atom stereocenters. The zero-order valence-electron chi connectivity index (χ0n) is 18.6. The third-order valence-electron chi connectivity index (χ3n) is 5.57.